The van der Waals surface area contributed by atoms with Gasteiger partial charge < -0.3 is 20.3 Å². The molecule has 2 aromatic heterocycles. The Kier molecular flexibility index (Phi) is 5.27. The van der Waals surface area contributed by atoms with Crippen molar-refractivity contribution in [3.8, 4) is 22.8 Å². The third-order valence-corrected chi connectivity index (χ3v) is 5.75. The van der Waals surface area contributed by atoms with Crippen molar-refractivity contribution in [3.05, 3.63) is 70.8 Å². The molecule has 2 aromatic carbocycles. The standard InChI is InChI=1S/C23H23N7O3/c1-27-11-13-28(14-12-27)17-7-5-16(6-8-17)20-9-10-21(22-25-23(24)26-29(20)22)33-19-4-2-3-18(15-19)30(31)32/h2-10,15H,11-14H2,1H3,(H2,24,26). The highest BCUT2D eigenvalue weighted by Crippen LogP contribution is 2.32. The van der Waals surface area contributed by atoms with Gasteiger partial charge in [0.15, 0.2) is 5.75 Å². The summed E-state index contributed by atoms with van der Waals surface area (Å²) < 4.78 is 7.53. The number of piperazine rings is 1. The van der Waals surface area contributed by atoms with Gasteiger partial charge in [0.25, 0.3) is 5.69 Å². The Labute approximate surface area is 190 Å². The normalized spacial score (nSPS) is 14.5. The predicted molar refractivity (Wildman–Crippen MR) is 126 cm³/mol. The molecule has 168 valence electrons. The molecule has 0 aliphatic carbocycles. The number of nitrogens with zero attached hydrogens (tertiary/aromatic N) is 6. The minimum Gasteiger partial charge on any atom is -0.453 e. The molecule has 0 saturated carbocycles. The lowest BCUT2D eigenvalue weighted by atomic mass is 10.1. The summed E-state index contributed by atoms with van der Waals surface area (Å²) >= 11 is 0. The van der Waals surface area contributed by atoms with E-state index in [1.54, 1.807) is 22.7 Å². The molecule has 1 fully saturated rings. The van der Waals surface area contributed by atoms with Gasteiger partial charge in [-0.25, -0.2) is 4.52 Å². The maximum Gasteiger partial charge on any atom is 0.273 e. The van der Waals surface area contributed by atoms with E-state index in [1.807, 2.05) is 6.07 Å². The molecular formula is C23H23N7O3. The van der Waals surface area contributed by atoms with Gasteiger partial charge in [0, 0.05) is 43.5 Å². The van der Waals surface area contributed by atoms with Crippen molar-refractivity contribution in [1.82, 2.24) is 19.5 Å². The SMILES string of the molecule is CN1CCN(c2ccc(-c3ccc(Oc4cccc([N+](=O)[O-])c4)c4nc(N)nn34)cc2)CC1. The van der Waals surface area contributed by atoms with Gasteiger partial charge in [-0.2, -0.15) is 4.98 Å². The highest BCUT2D eigenvalue weighted by atomic mass is 16.6. The molecule has 10 nitrogen and oxygen atoms in total. The van der Waals surface area contributed by atoms with Gasteiger partial charge in [-0.15, -0.1) is 5.10 Å². The molecule has 4 aromatic rings. The minimum absolute atomic E-state index is 0.0541. The summed E-state index contributed by atoms with van der Waals surface area (Å²) in [4.78, 5) is 19.6. The van der Waals surface area contributed by atoms with Crippen LogP contribution in [0.25, 0.3) is 16.9 Å². The number of nitrogen functional groups attached to an aromatic ring is 1. The van der Waals surface area contributed by atoms with Gasteiger partial charge in [-0.1, -0.05) is 18.2 Å². The van der Waals surface area contributed by atoms with Crippen LogP contribution < -0.4 is 15.4 Å². The maximum atomic E-state index is 11.1. The number of nitro groups is 1. The third-order valence-electron chi connectivity index (χ3n) is 5.75. The van der Waals surface area contributed by atoms with Crippen LogP contribution >= 0.6 is 0 Å². The van der Waals surface area contributed by atoms with E-state index in [9.17, 15) is 10.1 Å². The fourth-order valence-electron chi connectivity index (χ4n) is 3.95. The topological polar surface area (TPSA) is 115 Å². The Balaban J connectivity index is 1.46. The second kappa shape index (κ2) is 8.40. The number of nitro benzene ring substituents is 1. The number of benzene rings is 2. The first-order chi connectivity index (χ1) is 16.0. The van der Waals surface area contributed by atoms with E-state index in [0.717, 1.165) is 37.4 Å². The van der Waals surface area contributed by atoms with Crippen molar-refractivity contribution >= 4 is 23.0 Å². The zero-order valence-electron chi connectivity index (χ0n) is 18.1. The van der Waals surface area contributed by atoms with E-state index in [4.69, 9.17) is 10.5 Å². The van der Waals surface area contributed by atoms with Gasteiger partial charge in [0.2, 0.25) is 11.6 Å². The lowest BCUT2D eigenvalue weighted by Gasteiger charge is -2.34. The van der Waals surface area contributed by atoms with Crippen LogP contribution in [0.1, 0.15) is 0 Å². The van der Waals surface area contributed by atoms with E-state index in [1.165, 1.54) is 17.8 Å². The largest absolute Gasteiger partial charge is 0.453 e. The summed E-state index contributed by atoms with van der Waals surface area (Å²) in [7, 11) is 2.14. The first-order valence-corrected chi connectivity index (χ1v) is 10.6. The van der Waals surface area contributed by atoms with Gasteiger partial charge in [0.05, 0.1) is 16.7 Å². The molecule has 1 aliphatic rings. The summed E-state index contributed by atoms with van der Waals surface area (Å²) in [6.07, 6.45) is 0. The summed E-state index contributed by atoms with van der Waals surface area (Å²) in [5.74, 6) is 0.842. The van der Waals surface area contributed by atoms with Gasteiger partial charge in [0.1, 0.15) is 5.75 Å². The molecule has 10 heteroatoms. The number of hydrogen-bond donors (Lipinski definition) is 1. The molecule has 3 heterocycles. The number of nitrogens with two attached hydrogens (primary N) is 1. The van der Waals surface area contributed by atoms with Crippen molar-refractivity contribution in [2.75, 3.05) is 43.9 Å². The molecule has 5 rings (SSSR count). The van der Waals surface area contributed by atoms with Crippen molar-refractivity contribution < 1.29 is 9.66 Å². The average Bonchev–Trinajstić information content (AvgIpc) is 3.22. The van der Waals surface area contributed by atoms with Crippen LogP contribution in [-0.2, 0) is 0 Å². The van der Waals surface area contributed by atoms with Gasteiger partial charge >= 0.3 is 0 Å². The highest BCUT2D eigenvalue weighted by molar-refractivity contribution is 5.70. The number of non-ortho nitro benzene ring substituents is 1. The number of likely N-dealkylation sites (N-methyl/N-ethyl adjacent to an activating group) is 1. The van der Waals surface area contributed by atoms with Crippen LogP contribution in [-0.4, -0.2) is 57.6 Å². The molecule has 0 spiro atoms. The summed E-state index contributed by atoms with van der Waals surface area (Å²) in [5, 5.41) is 15.4. The van der Waals surface area contributed by atoms with E-state index in [2.05, 4.69) is 51.2 Å². The number of fused-ring (bicyclic) bond motifs is 1. The predicted octanol–water partition coefficient (Wildman–Crippen LogP) is 3.43. The van der Waals surface area contributed by atoms with Crippen molar-refractivity contribution in [3.63, 3.8) is 0 Å². The lowest BCUT2D eigenvalue weighted by Crippen LogP contribution is -2.44. The third kappa shape index (κ3) is 4.15. The van der Waals surface area contributed by atoms with Crippen molar-refractivity contribution in [2.24, 2.45) is 0 Å². The number of ether oxygens (including phenoxy) is 1. The van der Waals surface area contributed by atoms with E-state index in [-0.39, 0.29) is 11.6 Å². The molecule has 1 aliphatic heterocycles. The summed E-state index contributed by atoms with van der Waals surface area (Å²) in [6.45, 7) is 4.10. The Hall–Kier alpha value is -4.18. The molecule has 1 saturated heterocycles. The van der Waals surface area contributed by atoms with E-state index in [0.29, 0.717) is 17.1 Å². The Morgan fingerprint density at radius 1 is 1.03 bits per heavy atom. The molecule has 2 N–H and O–H groups in total. The van der Waals surface area contributed by atoms with Crippen LogP contribution in [0.15, 0.2) is 60.7 Å². The zero-order chi connectivity index (χ0) is 22.9. The number of pyridine rings is 1. The fourth-order valence-corrected chi connectivity index (χ4v) is 3.95. The molecular weight excluding hydrogens is 422 g/mol. The first kappa shape index (κ1) is 20.7. The van der Waals surface area contributed by atoms with Crippen LogP contribution in [0.5, 0.6) is 11.5 Å². The fraction of sp³-hybridized carbons (Fsp3) is 0.217. The van der Waals surface area contributed by atoms with E-state index >= 15 is 0 Å². The quantitative estimate of drug-likeness (QED) is 0.367. The van der Waals surface area contributed by atoms with Crippen LogP contribution in [0, 0.1) is 10.1 Å². The Morgan fingerprint density at radius 2 is 1.79 bits per heavy atom. The average molecular weight is 445 g/mol. The zero-order valence-corrected chi connectivity index (χ0v) is 18.1. The molecule has 0 radical (unpaired) electrons. The van der Waals surface area contributed by atoms with Crippen LogP contribution in [0.3, 0.4) is 0 Å². The summed E-state index contributed by atoms with van der Waals surface area (Å²) in [5.41, 5.74) is 9.23. The molecule has 0 amide bonds. The van der Waals surface area contributed by atoms with E-state index < -0.39 is 4.92 Å². The number of rotatable bonds is 5. The van der Waals surface area contributed by atoms with Crippen molar-refractivity contribution in [1.29, 1.82) is 0 Å². The minimum atomic E-state index is -0.466. The maximum absolute atomic E-state index is 11.1. The monoisotopic (exact) mass is 445 g/mol. The molecule has 0 atom stereocenters. The molecule has 0 bridgehead atoms. The Morgan fingerprint density at radius 3 is 2.52 bits per heavy atom. The first-order valence-electron chi connectivity index (χ1n) is 10.6. The number of anilines is 2. The van der Waals surface area contributed by atoms with Crippen molar-refractivity contribution in [2.45, 2.75) is 0 Å². The summed E-state index contributed by atoms with van der Waals surface area (Å²) in [6, 6.07) is 18.0. The molecule has 0 unspecified atom stereocenters. The number of hydrogen-bond acceptors (Lipinski definition) is 8. The molecule has 33 heavy (non-hydrogen) atoms. The van der Waals surface area contributed by atoms with Gasteiger partial charge in [-0.3, -0.25) is 10.1 Å². The second-order valence-electron chi connectivity index (χ2n) is 7.98. The lowest BCUT2D eigenvalue weighted by molar-refractivity contribution is -0.384. The second-order valence-corrected chi connectivity index (χ2v) is 7.98. The van der Waals surface area contributed by atoms with Crippen LogP contribution in [0.4, 0.5) is 17.3 Å². The smallest absolute Gasteiger partial charge is 0.273 e. The highest BCUT2D eigenvalue weighted by Gasteiger charge is 2.17. The Bertz CT molecular complexity index is 1310. The number of aromatic nitrogens is 3. The van der Waals surface area contributed by atoms with Gasteiger partial charge in [-0.05, 0) is 37.4 Å². The van der Waals surface area contributed by atoms with Crippen LogP contribution in [0.2, 0.25) is 0 Å².